The van der Waals surface area contributed by atoms with E-state index in [2.05, 4.69) is 35.6 Å². The Bertz CT molecular complexity index is 4750. The minimum atomic E-state index is -5.58. The molecular formula is C67H72N12O21P2. The van der Waals surface area contributed by atoms with Gasteiger partial charge in [-0.2, -0.15) is 20.5 Å². The zero-order valence-electron chi connectivity index (χ0n) is 55.6. The van der Waals surface area contributed by atoms with Crippen LogP contribution in [-0.4, -0.2) is 148 Å². The largest absolute Gasteiger partial charge is 0.497 e. The van der Waals surface area contributed by atoms with Crippen LogP contribution in [0.1, 0.15) is 97.2 Å². The highest BCUT2D eigenvalue weighted by Gasteiger charge is 2.66. The monoisotopic (exact) mass is 1440 g/mol. The van der Waals surface area contributed by atoms with Crippen LogP contribution in [0.2, 0.25) is 0 Å². The number of carbonyl (C=O) groups excluding carboxylic acids is 2. The second-order valence-corrected chi connectivity index (χ2v) is 28.9. The fourth-order valence-corrected chi connectivity index (χ4v) is 16.2. The quantitative estimate of drug-likeness (QED) is 0.0161. The minimum Gasteiger partial charge on any atom is -0.497 e. The topological polar surface area (TPSA) is 446 Å². The summed E-state index contributed by atoms with van der Waals surface area (Å²) in [5.41, 5.74) is -3.96. The number of H-pyrrole nitrogens is 2. The number of amides is 2. The standard InChI is InChI=1S/C67H72N12O21P2/c1-40(2)58(81)74-62-73-57-56(61(84)75-62)70-39-79(57)55-34-66(88,101(89,94-30-12-27-68)96-36-49-48(80)32-53(98-49)77-29-26-52(72-63(77)85)71-60(83)42-14-8-6-9-15-42)51(100-55)38-97-102(90,95-31-13-28-69)65(87)33-54(78-35-41(3)59(82)76-64(78)86)99-50(65)37-93-67(43-16-10-7-11-17-43,44-18-22-46(91-4)23-19-44)45-20-24-47(92-5)25-21-45/h6-11,14-26,29,35,39-40,48-51,53-55,80,87-88H,12-13,30-34,36-38H2,1-5H3,(H,76,82,86)(H,71,72,83,85)(H2,73,74,75,81,84)/t48-,49+,50+,51+,53+,54+,55+,65+,66+,101?,102?/m0/s1. The van der Waals surface area contributed by atoms with Gasteiger partial charge in [0.1, 0.15) is 59.9 Å². The number of aliphatic hydroxyl groups excluding tert-OH is 1. The third-order valence-electron chi connectivity index (χ3n) is 17.5. The number of carbonyl (C=O) groups is 2. The summed E-state index contributed by atoms with van der Waals surface area (Å²) >= 11 is 0. The average Bonchev–Trinajstić information content (AvgIpc) is 1.53. The average molecular weight is 1440 g/mol. The van der Waals surface area contributed by atoms with Crippen LogP contribution in [0.25, 0.3) is 11.2 Å². The van der Waals surface area contributed by atoms with E-state index in [4.69, 9.17) is 46.5 Å². The summed E-state index contributed by atoms with van der Waals surface area (Å²) in [6.07, 6.45) is -11.1. The van der Waals surface area contributed by atoms with Crippen molar-refractivity contribution in [2.24, 2.45) is 5.92 Å². The summed E-state index contributed by atoms with van der Waals surface area (Å²) in [4.78, 5) is 97.0. The lowest BCUT2D eigenvalue weighted by molar-refractivity contribution is -0.118. The van der Waals surface area contributed by atoms with Crippen molar-refractivity contribution >= 4 is 49.9 Å². The molecule has 3 aliphatic heterocycles. The zero-order chi connectivity index (χ0) is 72.7. The van der Waals surface area contributed by atoms with Gasteiger partial charge < -0.3 is 67.2 Å². The molecule has 7 heterocycles. The number of nitrogens with zero attached hydrogens (tertiary/aromatic N) is 8. The van der Waals surface area contributed by atoms with Crippen molar-refractivity contribution in [2.75, 3.05) is 57.9 Å². The van der Waals surface area contributed by atoms with Crippen molar-refractivity contribution in [2.45, 2.75) is 112 Å². The number of methoxy groups -OCH3 is 2. The van der Waals surface area contributed by atoms with Crippen molar-refractivity contribution in [1.82, 2.24) is 38.6 Å². The highest BCUT2D eigenvalue weighted by molar-refractivity contribution is 7.56. The summed E-state index contributed by atoms with van der Waals surface area (Å²) in [6, 6.07) is 35.8. The number of hydrogen-bond donors (Lipinski definition) is 7. The van der Waals surface area contributed by atoms with Gasteiger partial charge in [-0.25, -0.2) is 14.6 Å². The fraction of sp³-hybridized carbons (Fsp3) is 0.388. The van der Waals surface area contributed by atoms with Gasteiger partial charge in [-0.1, -0.05) is 86.6 Å². The molecule has 4 aromatic heterocycles. The van der Waals surface area contributed by atoms with Crippen molar-refractivity contribution in [3.8, 4) is 23.6 Å². The molecule has 11 atom stereocenters. The van der Waals surface area contributed by atoms with Crippen LogP contribution in [-0.2, 0) is 56.6 Å². The highest BCUT2D eigenvalue weighted by atomic mass is 31.2. The van der Waals surface area contributed by atoms with E-state index in [0.29, 0.717) is 33.8 Å². The Hall–Kier alpha value is -9.67. The van der Waals surface area contributed by atoms with Crippen molar-refractivity contribution in [3.63, 3.8) is 0 Å². The number of hydrogen-bond acceptors (Lipinski definition) is 26. The molecule has 102 heavy (non-hydrogen) atoms. The molecule has 0 saturated carbocycles. The third kappa shape index (κ3) is 14.8. The van der Waals surface area contributed by atoms with Crippen LogP contribution in [0.15, 0.2) is 153 Å². The lowest BCUT2D eigenvalue weighted by atomic mass is 9.80. The van der Waals surface area contributed by atoms with Crippen LogP contribution < -0.4 is 42.6 Å². The molecule has 33 nitrogen and oxygen atoms in total. The molecule has 2 amide bonds. The van der Waals surface area contributed by atoms with Crippen molar-refractivity contribution in [1.29, 1.82) is 10.5 Å². The summed E-state index contributed by atoms with van der Waals surface area (Å²) < 4.78 is 98.0. The molecule has 8 aromatic rings. The van der Waals surface area contributed by atoms with Crippen LogP contribution in [0.3, 0.4) is 0 Å². The number of ether oxygens (including phenoxy) is 6. The molecule has 35 heteroatoms. The SMILES string of the molecule is COc1ccc(C(OC[C@H]2O[C@@H](n3cc(C)c(=O)[nH]c3=O)C[C@@]2(O)P(=O)(OCCC#N)OC[C@H]2O[C@@H](n3cnc4c(=O)[nH]c(NC(=O)C(C)C)nc43)C[C@@]2(O)P(=O)(OCCC#N)OC[C@H]2O[C@@H](n3ccc(NC(=O)c4ccccc4)nc3=O)C[C@@H]2O)(c2ccccc2)c2ccc(OC)cc2)cc1. The van der Waals surface area contributed by atoms with Gasteiger partial charge >= 0.3 is 26.6 Å². The van der Waals surface area contributed by atoms with Crippen LogP contribution in [0, 0.1) is 35.5 Å². The molecule has 0 bridgehead atoms. The van der Waals surface area contributed by atoms with Crippen LogP contribution >= 0.6 is 15.2 Å². The lowest BCUT2D eigenvalue weighted by Gasteiger charge is -2.40. The third-order valence-corrected chi connectivity index (χ3v) is 22.4. The second kappa shape index (κ2) is 30.9. The molecule has 4 aromatic carbocycles. The molecule has 0 radical (unpaired) electrons. The first-order valence-corrected chi connectivity index (χ1v) is 35.1. The Morgan fingerprint density at radius 2 is 1.25 bits per heavy atom. The maximum Gasteiger partial charge on any atom is 0.365 e. The first kappa shape index (κ1) is 73.5. The minimum absolute atomic E-state index is 0.0187. The predicted molar refractivity (Wildman–Crippen MR) is 360 cm³/mol. The van der Waals surface area contributed by atoms with E-state index in [1.165, 1.54) is 33.4 Å². The number of aliphatic hydroxyl groups is 3. The highest BCUT2D eigenvalue weighted by Crippen LogP contribution is 2.69. The Morgan fingerprint density at radius 3 is 1.82 bits per heavy atom. The smallest absolute Gasteiger partial charge is 0.365 e. The molecule has 0 aliphatic carbocycles. The Morgan fingerprint density at radius 1 is 0.696 bits per heavy atom. The van der Waals surface area contributed by atoms with Crippen molar-refractivity contribution in [3.05, 3.63) is 203 Å². The van der Waals surface area contributed by atoms with Gasteiger partial charge in [-0.3, -0.25) is 57.3 Å². The number of imidazole rings is 1. The number of nitrogens with one attached hydrogen (secondary N) is 4. The number of aryl methyl sites for hydroxylation is 1. The number of rotatable bonds is 29. The molecule has 0 spiro atoms. The molecule has 2 unspecified atom stereocenters. The second-order valence-electron chi connectivity index (χ2n) is 24.3. The van der Waals surface area contributed by atoms with Gasteiger partial charge in [-0.15, -0.1) is 0 Å². The maximum atomic E-state index is 16.6. The summed E-state index contributed by atoms with van der Waals surface area (Å²) in [5, 5.41) is 57.5. The number of fused-ring (bicyclic) bond motifs is 1. The van der Waals surface area contributed by atoms with Crippen LogP contribution in [0.4, 0.5) is 11.8 Å². The Kier molecular flexibility index (Phi) is 22.3. The van der Waals surface area contributed by atoms with E-state index in [-0.39, 0.29) is 34.9 Å². The Balaban J connectivity index is 0.983. The van der Waals surface area contributed by atoms with Gasteiger partial charge in [0, 0.05) is 48.7 Å². The van der Waals surface area contributed by atoms with E-state index in [0.717, 1.165) is 26.2 Å². The number of aromatic amines is 2. The summed E-state index contributed by atoms with van der Waals surface area (Å²) in [7, 11) is -8.04. The van der Waals surface area contributed by atoms with Gasteiger partial charge in [0.15, 0.2) is 21.8 Å². The van der Waals surface area contributed by atoms with E-state index in [9.17, 15) is 54.6 Å². The first-order chi connectivity index (χ1) is 48.9. The fourth-order valence-electron chi connectivity index (χ4n) is 12.0. The van der Waals surface area contributed by atoms with E-state index < -0.39 is 174 Å². The molecular weight excluding hydrogens is 1370 g/mol. The van der Waals surface area contributed by atoms with Crippen LogP contribution in [0.5, 0.6) is 11.5 Å². The summed E-state index contributed by atoms with van der Waals surface area (Å²) in [5.74, 6) is -1.16. The van der Waals surface area contributed by atoms with Crippen molar-refractivity contribution < 1.29 is 80.6 Å². The summed E-state index contributed by atoms with van der Waals surface area (Å²) in [6.45, 7) is 0.254. The number of anilines is 2. The number of aromatic nitrogens is 8. The molecule has 3 aliphatic rings. The molecule has 7 N–H and O–H groups in total. The van der Waals surface area contributed by atoms with E-state index in [1.54, 1.807) is 123 Å². The van der Waals surface area contributed by atoms with E-state index in [1.807, 2.05) is 12.1 Å². The molecule has 3 saturated heterocycles. The van der Waals surface area contributed by atoms with E-state index >= 15 is 9.13 Å². The number of nitriles is 2. The van der Waals surface area contributed by atoms with Gasteiger partial charge in [0.05, 0.1) is 84.7 Å². The number of benzene rings is 4. The maximum absolute atomic E-state index is 16.6. The Labute approximate surface area is 580 Å². The van der Waals surface area contributed by atoms with Gasteiger partial charge in [-0.05, 0) is 66.1 Å². The van der Waals surface area contributed by atoms with Gasteiger partial charge in [0.25, 0.3) is 17.0 Å². The predicted octanol–water partition coefficient (Wildman–Crippen LogP) is 5.99. The molecule has 536 valence electrons. The first-order valence-electron chi connectivity index (χ1n) is 32.1. The molecule has 11 rings (SSSR count). The zero-order valence-corrected chi connectivity index (χ0v) is 57.3. The normalized spacial score (nSPS) is 23.1. The molecule has 3 fully saturated rings. The van der Waals surface area contributed by atoms with Gasteiger partial charge in [0.2, 0.25) is 11.9 Å². The lowest BCUT2D eigenvalue weighted by Crippen LogP contribution is -2.46.